The van der Waals surface area contributed by atoms with E-state index in [0.717, 1.165) is 29.7 Å². The molecule has 3 rings (SSSR count). The molecule has 134 valence electrons. The number of esters is 1. The maximum Gasteiger partial charge on any atom is 0.338 e. The van der Waals surface area contributed by atoms with Gasteiger partial charge in [0.2, 0.25) is 0 Å². The van der Waals surface area contributed by atoms with Crippen LogP contribution in [0, 0.1) is 11.3 Å². The highest BCUT2D eigenvalue weighted by Gasteiger charge is 2.25. The van der Waals surface area contributed by atoms with E-state index in [2.05, 4.69) is 11.4 Å². The first-order chi connectivity index (χ1) is 12.5. The summed E-state index contributed by atoms with van der Waals surface area (Å²) in [6.07, 6.45) is 1.81. The molecule has 1 unspecified atom stereocenters. The molecule has 2 N–H and O–H groups in total. The largest absolute Gasteiger partial charge is 0.449 e. The Labute approximate surface area is 155 Å². The van der Waals surface area contributed by atoms with Crippen molar-refractivity contribution >= 4 is 28.2 Å². The molecular formula is C19H18N2O4S. The second kappa shape index (κ2) is 7.68. The number of nitrogens with zero attached hydrogens (tertiary/aromatic N) is 1. The lowest BCUT2D eigenvalue weighted by atomic mass is 10.1. The van der Waals surface area contributed by atoms with Gasteiger partial charge in [0, 0.05) is 4.88 Å². The number of ether oxygens (including phenoxy) is 1. The van der Waals surface area contributed by atoms with Gasteiger partial charge in [-0.2, -0.15) is 5.26 Å². The number of carbonyl (C=O) groups is 2. The van der Waals surface area contributed by atoms with Crippen molar-refractivity contribution in [3.05, 3.63) is 51.4 Å². The van der Waals surface area contributed by atoms with Crippen LogP contribution in [0.1, 0.15) is 45.3 Å². The Morgan fingerprint density at radius 1 is 1.42 bits per heavy atom. The van der Waals surface area contributed by atoms with E-state index >= 15 is 0 Å². The fourth-order valence-electron chi connectivity index (χ4n) is 2.90. The third-order valence-electron chi connectivity index (χ3n) is 4.27. The fraction of sp³-hybridized carbons (Fsp3) is 0.316. The van der Waals surface area contributed by atoms with Gasteiger partial charge < -0.3 is 15.2 Å². The van der Waals surface area contributed by atoms with Gasteiger partial charge in [0.1, 0.15) is 11.1 Å². The Balaban J connectivity index is 1.67. The van der Waals surface area contributed by atoms with Gasteiger partial charge >= 0.3 is 5.97 Å². The monoisotopic (exact) mass is 370 g/mol. The van der Waals surface area contributed by atoms with Crippen molar-refractivity contribution in [2.45, 2.75) is 38.9 Å². The van der Waals surface area contributed by atoms with Crippen LogP contribution in [0.2, 0.25) is 0 Å². The van der Waals surface area contributed by atoms with E-state index in [1.54, 1.807) is 18.2 Å². The molecular weight excluding hydrogens is 352 g/mol. The van der Waals surface area contributed by atoms with Crippen molar-refractivity contribution < 1.29 is 19.4 Å². The van der Waals surface area contributed by atoms with Crippen LogP contribution in [-0.4, -0.2) is 23.1 Å². The highest BCUT2D eigenvalue weighted by Crippen LogP contribution is 2.38. The zero-order valence-electron chi connectivity index (χ0n) is 14.2. The van der Waals surface area contributed by atoms with Crippen LogP contribution in [0.25, 0.3) is 0 Å². The average Bonchev–Trinajstić information content (AvgIpc) is 3.22. The third kappa shape index (κ3) is 3.62. The highest BCUT2D eigenvalue weighted by molar-refractivity contribution is 7.16. The molecule has 0 bridgehead atoms. The Morgan fingerprint density at radius 3 is 2.96 bits per heavy atom. The van der Waals surface area contributed by atoms with E-state index in [1.165, 1.54) is 24.3 Å². The van der Waals surface area contributed by atoms with Crippen LogP contribution >= 0.6 is 11.3 Å². The summed E-state index contributed by atoms with van der Waals surface area (Å²) in [7, 11) is 0. The molecule has 0 aliphatic heterocycles. The molecule has 0 radical (unpaired) electrons. The molecule has 1 aliphatic carbocycles. The SMILES string of the molecule is CC(OC(=O)c1cccc(CO)c1)C(=O)Nc1sc2c(c1C#N)CCC2. The number of hydrogen-bond acceptors (Lipinski definition) is 6. The van der Waals surface area contributed by atoms with E-state index in [0.29, 0.717) is 16.1 Å². The van der Waals surface area contributed by atoms with E-state index in [-0.39, 0.29) is 12.2 Å². The molecule has 0 saturated carbocycles. The number of carbonyl (C=O) groups excluding carboxylic acids is 2. The fourth-order valence-corrected chi connectivity index (χ4v) is 4.15. The number of thiophene rings is 1. The number of fused-ring (bicyclic) bond motifs is 1. The molecule has 0 saturated heterocycles. The molecule has 7 heteroatoms. The predicted octanol–water partition coefficient (Wildman–Crippen LogP) is 2.78. The van der Waals surface area contributed by atoms with Crippen LogP contribution < -0.4 is 5.32 Å². The van der Waals surface area contributed by atoms with Gasteiger partial charge in [-0.05, 0) is 49.4 Å². The topological polar surface area (TPSA) is 99.4 Å². The Hall–Kier alpha value is -2.69. The van der Waals surface area contributed by atoms with Crippen LogP contribution in [0.4, 0.5) is 5.00 Å². The van der Waals surface area contributed by atoms with E-state index < -0.39 is 18.0 Å². The van der Waals surface area contributed by atoms with Crippen molar-refractivity contribution in [2.75, 3.05) is 5.32 Å². The number of amides is 1. The number of rotatable bonds is 5. The predicted molar refractivity (Wildman–Crippen MR) is 96.9 cm³/mol. The van der Waals surface area contributed by atoms with Crippen molar-refractivity contribution in [1.82, 2.24) is 0 Å². The lowest BCUT2D eigenvalue weighted by Gasteiger charge is -2.13. The second-order valence-electron chi connectivity index (χ2n) is 6.07. The standard InChI is InChI=1S/C19H18N2O4S/c1-11(25-19(24)13-5-2-4-12(8-13)10-22)17(23)21-18-15(9-20)14-6-3-7-16(14)26-18/h2,4-5,8,11,22H,3,6-7,10H2,1H3,(H,21,23). The minimum atomic E-state index is -1.01. The summed E-state index contributed by atoms with van der Waals surface area (Å²) >= 11 is 1.42. The molecule has 6 nitrogen and oxygen atoms in total. The number of anilines is 1. The molecule has 2 aromatic rings. The number of benzene rings is 1. The normalized spacial score (nSPS) is 13.6. The Bertz CT molecular complexity index is 897. The van der Waals surface area contributed by atoms with Gasteiger partial charge in [0.25, 0.3) is 5.91 Å². The zero-order chi connectivity index (χ0) is 18.7. The zero-order valence-corrected chi connectivity index (χ0v) is 15.1. The van der Waals surface area contributed by atoms with Gasteiger partial charge in [-0.15, -0.1) is 11.3 Å². The minimum Gasteiger partial charge on any atom is -0.449 e. The molecule has 1 aliphatic rings. The first-order valence-electron chi connectivity index (χ1n) is 8.29. The van der Waals surface area contributed by atoms with Gasteiger partial charge in [0.15, 0.2) is 6.10 Å². The number of aliphatic hydroxyl groups is 1. The van der Waals surface area contributed by atoms with Gasteiger partial charge in [-0.25, -0.2) is 4.79 Å². The average molecular weight is 370 g/mol. The third-order valence-corrected chi connectivity index (χ3v) is 5.48. The van der Waals surface area contributed by atoms with Crippen molar-refractivity contribution in [2.24, 2.45) is 0 Å². The van der Waals surface area contributed by atoms with Gasteiger partial charge in [-0.1, -0.05) is 12.1 Å². The number of nitrogens with one attached hydrogen (secondary N) is 1. The first-order valence-corrected chi connectivity index (χ1v) is 9.11. The quantitative estimate of drug-likeness (QED) is 0.789. The summed E-state index contributed by atoms with van der Waals surface area (Å²) in [4.78, 5) is 25.7. The highest BCUT2D eigenvalue weighted by atomic mass is 32.1. The molecule has 1 aromatic carbocycles. The second-order valence-corrected chi connectivity index (χ2v) is 7.17. The van der Waals surface area contributed by atoms with E-state index in [9.17, 15) is 14.9 Å². The summed E-state index contributed by atoms with van der Waals surface area (Å²) in [6, 6.07) is 8.57. The molecule has 1 amide bonds. The van der Waals surface area contributed by atoms with Crippen LogP contribution in [0.3, 0.4) is 0 Å². The van der Waals surface area contributed by atoms with Crippen molar-refractivity contribution in [1.29, 1.82) is 5.26 Å². The maximum absolute atomic E-state index is 12.4. The van der Waals surface area contributed by atoms with Gasteiger partial charge in [0.05, 0.1) is 17.7 Å². The lowest BCUT2D eigenvalue weighted by molar-refractivity contribution is -0.123. The lowest BCUT2D eigenvalue weighted by Crippen LogP contribution is -2.30. The summed E-state index contributed by atoms with van der Waals surface area (Å²) in [5.74, 6) is -1.12. The number of aliphatic hydroxyl groups excluding tert-OH is 1. The summed E-state index contributed by atoms with van der Waals surface area (Å²) in [6.45, 7) is 1.30. The Kier molecular flexibility index (Phi) is 5.35. The Morgan fingerprint density at radius 2 is 2.23 bits per heavy atom. The van der Waals surface area contributed by atoms with Crippen molar-refractivity contribution in [3.63, 3.8) is 0 Å². The van der Waals surface area contributed by atoms with Crippen LogP contribution in [0.5, 0.6) is 0 Å². The van der Waals surface area contributed by atoms with Crippen LogP contribution in [-0.2, 0) is 29.0 Å². The number of hydrogen-bond donors (Lipinski definition) is 2. The molecule has 0 spiro atoms. The molecule has 26 heavy (non-hydrogen) atoms. The van der Waals surface area contributed by atoms with E-state index in [4.69, 9.17) is 9.84 Å². The van der Waals surface area contributed by atoms with E-state index in [1.807, 2.05) is 0 Å². The first kappa shape index (κ1) is 18.1. The van der Waals surface area contributed by atoms with Gasteiger partial charge in [-0.3, -0.25) is 4.79 Å². The molecule has 1 heterocycles. The van der Waals surface area contributed by atoms with Crippen molar-refractivity contribution in [3.8, 4) is 6.07 Å². The number of aryl methyl sites for hydroxylation is 1. The summed E-state index contributed by atoms with van der Waals surface area (Å²) in [5.41, 5.74) is 2.40. The molecule has 1 aromatic heterocycles. The smallest absolute Gasteiger partial charge is 0.338 e. The minimum absolute atomic E-state index is 0.183. The summed E-state index contributed by atoms with van der Waals surface area (Å²) in [5, 5.41) is 21.7. The number of nitriles is 1. The maximum atomic E-state index is 12.4. The summed E-state index contributed by atoms with van der Waals surface area (Å²) < 4.78 is 5.21. The molecule has 1 atom stereocenters. The molecule has 0 fully saturated rings. The van der Waals surface area contributed by atoms with Crippen LogP contribution in [0.15, 0.2) is 24.3 Å².